The van der Waals surface area contributed by atoms with E-state index < -0.39 is 0 Å². The van der Waals surface area contributed by atoms with Gasteiger partial charge in [-0.15, -0.1) is 0 Å². The number of anilines is 2. The van der Waals surface area contributed by atoms with E-state index in [4.69, 9.17) is 10.00 Å². The average molecular weight is 484 g/mol. The van der Waals surface area contributed by atoms with Crippen LogP contribution in [0.15, 0.2) is 72.8 Å². The summed E-state index contributed by atoms with van der Waals surface area (Å²) in [4.78, 5) is 30.1. The van der Waals surface area contributed by atoms with E-state index in [1.807, 2.05) is 24.3 Å². The monoisotopic (exact) mass is 483 g/mol. The van der Waals surface area contributed by atoms with Crippen LogP contribution in [0, 0.1) is 11.3 Å². The number of hydrogen-bond donors (Lipinski definition) is 2. The van der Waals surface area contributed by atoms with Gasteiger partial charge in [-0.25, -0.2) is 0 Å². The van der Waals surface area contributed by atoms with E-state index in [1.54, 1.807) is 55.6 Å². The van der Waals surface area contributed by atoms with Crippen LogP contribution < -0.4 is 15.4 Å². The maximum atomic E-state index is 12.9. The highest BCUT2D eigenvalue weighted by Crippen LogP contribution is 2.20. The van der Waals surface area contributed by atoms with Crippen molar-refractivity contribution in [1.82, 2.24) is 9.80 Å². The smallest absolute Gasteiger partial charge is 0.257 e. The predicted octanol–water partition coefficient (Wildman–Crippen LogP) is 3.58. The van der Waals surface area contributed by atoms with Crippen LogP contribution in [-0.2, 0) is 11.3 Å². The van der Waals surface area contributed by atoms with Gasteiger partial charge in [0, 0.05) is 38.4 Å². The summed E-state index contributed by atoms with van der Waals surface area (Å²) < 4.78 is 5.15. The first-order valence-corrected chi connectivity index (χ1v) is 11.8. The van der Waals surface area contributed by atoms with Crippen LogP contribution in [0.5, 0.6) is 5.75 Å². The minimum absolute atomic E-state index is 0.153. The topological polar surface area (TPSA) is 97.7 Å². The van der Waals surface area contributed by atoms with Crippen LogP contribution >= 0.6 is 0 Å². The molecule has 2 N–H and O–H groups in total. The highest BCUT2D eigenvalue weighted by molar-refractivity contribution is 6.10. The fourth-order valence-corrected chi connectivity index (χ4v) is 4.10. The molecule has 36 heavy (non-hydrogen) atoms. The molecule has 8 nitrogen and oxygen atoms in total. The zero-order chi connectivity index (χ0) is 25.3. The van der Waals surface area contributed by atoms with E-state index >= 15 is 0 Å². The number of amides is 2. The zero-order valence-electron chi connectivity index (χ0n) is 20.2. The van der Waals surface area contributed by atoms with Gasteiger partial charge in [0.2, 0.25) is 5.91 Å². The number of hydrogen-bond acceptors (Lipinski definition) is 6. The number of piperazine rings is 1. The third-order valence-corrected chi connectivity index (χ3v) is 6.12. The second kappa shape index (κ2) is 12.0. The lowest BCUT2D eigenvalue weighted by Gasteiger charge is -2.34. The van der Waals surface area contributed by atoms with Crippen molar-refractivity contribution in [3.63, 3.8) is 0 Å². The Hall–Kier alpha value is -4.19. The van der Waals surface area contributed by atoms with Crippen molar-refractivity contribution in [2.24, 2.45) is 0 Å². The van der Waals surface area contributed by atoms with E-state index in [0.29, 0.717) is 28.3 Å². The molecule has 0 saturated carbocycles. The van der Waals surface area contributed by atoms with Gasteiger partial charge in [0.15, 0.2) is 0 Å². The fraction of sp³-hybridized carbons (Fsp3) is 0.250. The summed E-state index contributed by atoms with van der Waals surface area (Å²) >= 11 is 0. The maximum Gasteiger partial charge on any atom is 0.257 e. The summed E-state index contributed by atoms with van der Waals surface area (Å²) in [7, 11) is 1.59. The van der Waals surface area contributed by atoms with E-state index in [0.717, 1.165) is 32.7 Å². The summed E-state index contributed by atoms with van der Waals surface area (Å²) in [5.41, 5.74) is 3.35. The molecule has 4 rings (SSSR count). The average Bonchev–Trinajstić information content (AvgIpc) is 2.91. The van der Waals surface area contributed by atoms with Crippen molar-refractivity contribution in [3.05, 3.63) is 89.5 Å². The van der Waals surface area contributed by atoms with Crippen LogP contribution in [0.1, 0.15) is 21.5 Å². The number of para-hydroxylation sites is 1. The van der Waals surface area contributed by atoms with Gasteiger partial charge in [0.1, 0.15) is 5.75 Å². The number of ether oxygens (including phenoxy) is 1. The van der Waals surface area contributed by atoms with Crippen molar-refractivity contribution in [3.8, 4) is 11.8 Å². The summed E-state index contributed by atoms with van der Waals surface area (Å²) in [6, 6.07) is 23.8. The molecule has 1 aliphatic heterocycles. The molecular weight excluding hydrogens is 454 g/mol. The third-order valence-electron chi connectivity index (χ3n) is 6.12. The van der Waals surface area contributed by atoms with Gasteiger partial charge in [-0.1, -0.05) is 24.3 Å². The van der Waals surface area contributed by atoms with Crippen molar-refractivity contribution < 1.29 is 14.3 Å². The zero-order valence-corrected chi connectivity index (χ0v) is 20.2. The van der Waals surface area contributed by atoms with Crippen LogP contribution in [-0.4, -0.2) is 61.4 Å². The van der Waals surface area contributed by atoms with Crippen LogP contribution in [0.4, 0.5) is 11.4 Å². The molecule has 184 valence electrons. The number of benzene rings is 3. The summed E-state index contributed by atoms with van der Waals surface area (Å²) in [5, 5.41) is 14.7. The molecule has 0 radical (unpaired) electrons. The number of nitriles is 1. The molecule has 1 saturated heterocycles. The van der Waals surface area contributed by atoms with Gasteiger partial charge in [0.05, 0.1) is 36.5 Å². The molecule has 0 bridgehead atoms. The molecule has 8 heteroatoms. The van der Waals surface area contributed by atoms with Gasteiger partial charge in [0.25, 0.3) is 5.91 Å². The second-order valence-electron chi connectivity index (χ2n) is 8.64. The minimum atomic E-state index is -0.299. The first-order chi connectivity index (χ1) is 17.5. The largest absolute Gasteiger partial charge is 0.497 e. The van der Waals surface area contributed by atoms with Gasteiger partial charge in [-0.2, -0.15) is 5.26 Å². The van der Waals surface area contributed by atoms with E-state index in [-0.39, 0.29) is 18.4 Å². The standard InChI is InChI=1S/C28H29N5O3/c1-36-24-12-10-23(11-13-24)30-28(35)25-4-2-3-5-26(25)31-27(34)20-33-16-14-32(15-17-33)19-22-8-6-21(18-29)7-9-22/h2-13H,14-17,19-20H2,1H3,(H,30,35)(H,31,34). The molecule has 1 aliphatic rings. The predicted molar refractivity (Wildman–Crippen MR) is 139 cm³/mol. The molecule has 1 fully saturated rings. The van der Waals surface area contributed by atoms with Gasteiger partial charge >= 0.3 is 0 Å². The Bertz CT molecular complexity index is 1230. The van der Waals surface area contributed by atoms with Crippen molar-refractivity contribution in [1.29, 1.82) is 5.26 Å². The molecule has 3 aromatic carbocycles. The van der Waals surface area contributed by atoms with Crippen molar-refractivity contribution in [2.75, 3.05) is 50.5 Å². The summed E-state index contributed by atoms with van der Waals surface area (Å²) in [6.45, 7) is 4.36. The quantitative estimate of drug-likeness (QED) is 0.508. The normalized spacial score (nSPS) is 14.0. The van der Waals surface area contributed by atoms with Crippen LogP contribution in [0.3, 0.4) is 0 Å². The van der Waals surface area contributed by atoms with Gasteiger partial charge < -0.3 is 15.4 Å². The molecule has 3 aromatic rings. The molecular formula is C28H29N5O3. The van der Waals surface area contributed by atoms with Gasteiger partial charge in [-0.3, -0.25) is 19.4 Å². The first-order valence-electron chi connectivity index (χ1n) is 11.8. The third kappa shape index (κ3) is 6.69. The molecule has 0 unspecified atom stereocenters. The van der Waals surface area contributed by atoms with E-state index in [1.165, 1.54) is 5.56 Å². The molecule has 1 heterocycles. The molecule has 2 amide bonds. The Kier molecular flexibility index (Phi) is 8.29. The van der Waals surface area contributed by atoms with Crippen molar-refractivity contribution >= 4 is 23.2 Å². The lowest BCUT2D eigenvalue weighted by molar-refractivity contribution is -0.117. The summed E-state index contributed by atoms with van der Waals surface area (Å²) in [6.07, 6.45) is 0. The van der Waals surface area contributed by atoms with E-state index in [2.05, 4.69) is 26.5 Å². The lowest BCUT2D eigenvalue weighted by Crippen LogP contribution is -2.48. The molecule has 0 spiro atoms. The Balaban J connectivity index is 1.28. The second-order valence-corrected chi connectivity index (χ2v) is 8.64. The fourth-order valence-electron chi connectivity index (χ4n) is 4.10. The van der Waals surface area contributed by atoms with Crippen LogP contribution in [0.2, 0.25) is 0 Å². The number of carbonyl (C=O) groups is 2. The molecule has 0 aliphatic carbocycles. The van der Waals surface area contributed by atoms with Crippen LogP contribution in [0.25, 0.3) is 0 Å². The minimum Gasteiger partial charge on any atom is -0.497 e. The number of methoxy groups -OCH3 is 1. The first kappa shape index (κ1) is 24.9. The lowest BCUT2D eigenvalue weighted by atomic mass is 10.1. The SMILES string of the molecule is COc1ccc(NC(=O)c2ccccc2NC(=O)CN2CCN(Cc3ccc(C#N)cc3)CC2)cc1. The summed E-state index contributed by atoms with van der Waals surface area (Å²) in [5.74, 6) is 0.253. The van der Waals surface area contributed by atoms with E-state index in [9.17, 15) is 9.59 Å². The Morgan fingerprint density at radius 1 is 0.889 bits per heavy atom. The highest BCUT2D eigenvalue weighted by atomic mass is 16.5. The number of carbonyl (C=O) groups excluding carboxylic acids is 2. The Morgan fingerprint density at radius 2 is 1.56 bits per heavy atom. The Labute approximate surface area is 211 Å². The highest BCUT2D eigenvalue weighted by Gasteiger charge is 2.20. The molecule has 0 aromatic heterocycles. The van der Waals surface area contributed by atoms with Gasteiger partial charge in [-0.05, 0) is 54.1 Å². The number of rotatable bonds is 8. The maximum absolute atomic E-state index is 12.9. The number of nitrogens with one attached hydrogen (secondary N) is 2. The molecule has 0 atom stereocenters. The Morgan fingerprint density at radius 3 is 2.22 bits per heavy atom. The number of nitrogens with zero attached hydrogens (tertiary/aromatic N) is 3. The van der Waals surface area contributed by atoms with Crippen molar-refractivity contribution in [2.45, 2.75) is 6.54 Å².